The average molecular weight is 421 g/mol. The molecule has 0 spiro atoms. The fourth-order valence-electron chi connectivity index (χ4n) is 3.74. The molecule has 1 aliphatic heterocycles. The number of carbonyl (C=O) groups is 1. The first-order valence-electron chi connectivity index (χ1n) is 9.66. The van der Waals surface area contributed by atoms with Gasteiger partial charge in [-0.15, -0.1) is 11.3 Å². The van der Waals surface area contributed by atoms with Gasteiger partial charge in [0.05, 0.1) is 10.9 Å². The smallest absolute Gasteiger partial charge is 0.254 e. The van der Waals surface area contributed by atoms with E-state index in [0.29, 0.717) is 6.54 Å². The van der Waals surface area contributed by atoms with Gasteiger partial charge in [0.1, 0.15) is 17.0 Å². The lowest BCUT2D eigenvalue weighted by molar-refractivity contribution is 0.0767. The number of fused-ring (bicyclic) bond motifs is 1. The van der Waals surface area contributed by atoms with Gasteiger partial charge in [0.25, 0.3) is 5.91 Å². The Balaban J connectivity index is 1.41. The van der Waals surface area contributed by atoms with Crippen LogP contribution in [0.1, 0.15) is 16.8 Å². The lowest BCUT2D eigenvalue weighted by Crippen LogP contribution is -2.35. The van der Waals surface area contributed by atoms with Crippen LogP contribution in [0.2, 0.25) is 0 Å². The number of nitrogens with zero attached hydrogens (tertiary/aromatic N) is 4. The minimum atomic E-state index is 0.128. The van der Waals surface area contributed by atoms with Gasteiger partial charge in [0, 0.05) is 36.4 Å². The molecule has 4 aromatic rings. The number of hydrogen-bond donors (Lipinski definition) is 0. The molecule has 1 aromatic carbocycles. The van der Waals surface area contributed by atoms with Crippen molar-refractivity contribution in [1.29, 1.82) is 0 Å². The summed E-state index contributed by atoms with van der Waals surface area (Å²) < 4.78 is 0. The van der Waals surface area contributed by atoms with Crippen LogP contribution in [0.5, 0.6) is 0 Å². The van der Waals surface area contributed by atoms with Gasteiger partial charge in [-0.05, 0) is 29.5 Å². The van der Waals surface area contributed by atoms with Gasteiger partial charge < -0.3 is 9.80 Å². The normalized spacial score (nSPS) is 14.9. The third-order valence-corrected chi connectivity index (χ3v) is 6.99. The third-order valence-electron chi connectivity index (χ3n) is 5.22. The molecule has 29 heavy (non-hydrogen) atoms. The van der Waals surface area contributed by atoms with Gasteiger partial charge in [-0.3, -0.25) is 4.79 Å². The number of hydrogen-bond acceptors (Lipinski definition) is 6. The molecule has 7 heteroatoms. The average Bonchev–Trinajstić information content (AvgIpc) is 3.39. The highest BCUT2D eigenvalue weighted by Gasteiger charge is 2.23. The fraction of sp³-hybridized carbons (Fsp3) is 0.227. The van der Waals surface area contributed by atoms with E-state index in [1.165, 1.54) is 10.4 Å². The van der Waals surface area contributed by atoms with Gasteiger partial charge >= 0.3 is 0 Å². The van der Waals surface area contributed by atoms with Gasteiger partial charge in [-0.2, -0.15) is 11.3 Å². The van der Waals surface area contributed by atoms with E-state index >= 15 is 0 Å². The molecular formula is C22H20N4OS2. The van der Waals surface area contributed by atoms with E-state index in [1.807, 2.05) is 27.8 Å². The largest absolute Gasteiger partial charge is 0.354 e. The summed E-state index contributed by atoms with van der Waals surface area (Å²) in [5.41, 5.74) is 1.99. The van der Waals surface area contributed by atoms with Crippen molar-refractivity contribution < 1.29 is 4.79 Å². The molecule has 146 valence electrons. The van der Waals surface area contributed by atoms with Crippen LogP contribution in [0.15, 0.2) is 59.6 Å². The lowest BCUT2D eigenvalue weighted by Gasteiger charge is -2.23. The van der Waals surface area contributed by atoms with E-state index in [4.69, 9.17) is 0 Å². The first-order valence-corrected chi connectivity index (χ1v) is 11.4. The zero-order valence-electron chi connectivity index (χ0n) is 15.8. The van der Waals surface area contributed by atoms with E-state index in [1.54, 1.807) is 29.0 Å². The van der Waals surface area contributed by atoms with Gasteiger partial charge in [0.15, 0.2) is 0 Å². The van der Waals surface area contributed by atoms with Gasteiger partial charge in [0.2, 0.25) is 0 Å². The molecule has 5 rings (SSSR count). The van der Waals surface area contributed by atoms with Crippen molar-refractivity contribution in [1.82, 2.24) is 14.9 Å². The second-order valence-corrected chi connectivity index (χ2v) is 8.85. The van der Waals surface area contributed by atoms with Crippen molar-refractivity contribution in [3.63, 3.8) is 0 Å². The van der Waals surface area contributed by atoms with Crippen molar-refractivity contribution in [3.8, 4) is 10.4 Å². The second kappa shape index (κ2) is 7.93. The van der Waals surface area contributed by atoms with Crippen molar-refractivity contribution in [2.75, 3.05) is 31.1 Å². The highest BCUT2D eigenvalue weighted by molar-refractivity contribution is 7.21. The van der Waals surface area contributed by atoms with E-state index in [9.17, 15) is 4.79 Å². The second-order valence-electron chi connectivity index (χ2n) is 7.04. The Kier molecular flexibility index (Phi) is 4.99. The van der Waals surface area contributed by atoms with Crippen molar-refractivity contribution in [2.45, 2.75) is 6.42 Å². The Morgan fingerprint density at radius 3 is 2.72 bits per heavy atom. The van der Waals surface area contributed by atoms with Crippen LogP contribution in [-0.4, -0.2) is 47.0 Å². The molecule has 3 aromatic heterocycles. The standard InChI is InChI=1S/C22H20N4OS2/c27-22(17-7-12-28-14-17)26-9-4-8-25(10-11-26)20-18-13-19(16-5-2-1-3-6-16)29-21(18)24-15-23-20/h1-3,5-7,12-15H,4,8-11H2. The van der Waals surface area contributed by atoms with Crippen LogP contribution in [0.3, 0.4) is 0 Å². The lowest BCUT2D eigenvalue weighted by atomic mass is 10.2. The quantitative estimate of drug-likeness (QED) is 0.479. The maximum Gasteiger partial charge on any atom is 0.254 e. The topological polar surface area (TPSA) is 49.3 Å². The molecule has 1 saturated heterocycles. The zero-order valence-corrected chi connectivity index (χ0v) is 17.5. The molecule has 0 atom stereocenters. The Bertz CT molecular complexity index is 1120. The summed E-state index contributed by atoms with van der Waals surface area (Å²) in [6.45, 7) is 3.14. The molecule has 1 amide bonds. The molecular weight excluding hydrogens is 400 g/mol. The summed E-state index contributed by atoms with van der Waals surface area (Å²) in [5, 5.41) is 4.97. The molecule has 0 radical (unpaired) electrons. The predicted octanol–water partition coefficient (Wildman–Crippen LogP) is 4.77. The highest BCUT2D eigenvalue weighted by Crippen LogP contribution is 2.36. The van der Waals surface area contributed by atoms with Crippen molar-refractivity contribution >= 4 is 44.6 Å². The molecule has 0 aliphatic carbocycles. The van der Waals surface area contributed by atoms with Gasteiger partial charge in [-0.25, -0.2) is 9.97 Å². The molecule has 1 aliphatic rings. The van der Waals surface area contributed by atoms with Gasteiger partial charge in [-0.1, -0.05) is 30.3 Å². The molecule has 0 unspecified atom stereocenters. The van der Waals surface area contributed by atoms with E-state index < -0.39 is 0 Å². The first-order chi connectivity index (χ1) is 14.3. The Morgan fingerprint density at radius 2 is 1.90 bits per heavy atom. The summed E-state index contributed by atoms with van der Waals surface area (Å²) in [6, 6.07) is 14.5. The van der Waals surface area contributed by atoms with E-state index in [2.05, 4.69) is 45.2 Å². The number of rotatable bonds is 3. The van der Waals surface area contributed by atoms with Crippen LogP contribution in [-0.2, 0) is 0 Å². The third kappa shape index (κ3) is 3.63. The van der Waals surface area contributed by atoms with Crippen molar-refractivity contribution in [3.05, 3.63) is 65.1 Å². The number of anilines is 1. The number of carbonyl (C=O) groups excluding carboxylic acids is 1. The minimum absolute atomic E-state index is 0.128. The number of aromatic nitrogens is 2. The van der Waals surface area contributed by atoms with Crippen LogP contribution >= 0.6 is 22.7 Å². The molecule has 0 N–H and O–H groups in total. The summed E-state index contributed by atoms with van der Waals surface area (Å²) >= 11 is 3.26. The zero-order chi connectivity index (χ0) is 19.6. The summed E-state index contributed by atoms with van der Waals surface area (Å²) in [7, 11) is 0. The Labute approximate surface area is 177 Å². The first kappa shape index (κ1) is 18.3. The molecule has 5 nitrogen and oxygen atoms in total. The molecule has 0 bridgehead atoms. The number of benzene rings is 1. The fourth-order valence-corrected chi connectivity index (χ4v) is 5.37. The SMILES string of the molecule is O=C(c1ccsc1)N1CCCN(c2ncnc3sc(-c4ccccc4)cc23)CC1. The van der Waals surface area contributed by atoms with Crippen LogP contribution in [0.25, 0.3) is 20.7 Å². The summed E-state index contributed by atoms with van der Waals surface area (Å²) in [4.78, 5) is 28.3. The molecule has 4 heterocycles. The van der Waals surface area contributed by atoms with E-state index in [0.717, 1.165) is 47.7 Å². The summed E-state index contributed by atoms with van der Waals surface area (Å²) in [6.07, 6.45) is 2.58. The molecule has 0 saturated carbocycles. The minimum Gasteiger partial charge on any atom is -0.354 e. The maximum absolute atomic E-state index is 12.7. The molecule has 1 fully saturated rings. The monoisotopic (exact) mass is 420 g/mol. The predicted molar refractivity (Wildman–Crippen MR) is 120 cm³/mol. The van der Waals surface area contributed by atoms with Crippen LogP contribution in [0, 0.1) is 0 Å². The number of thiophene rings is 2. The highest BCUT2D eigenvalue weighted by atomic mass is 32.1. The Morgan fingerprint density at radius 1 is 1.00 bits per heavy atom. The van der Waals surface area contributed by atoms with E-state index in [-0.39, 0.29) is 5.91 Å². The maximum atomic E-state index is 12.7. The Hall–Kier alpha value is -2.77. The van der Waals surface area contributed by atoms with Crippen LogP contribution in [0.4, 0.5) is 5.82 Å². The summed E-state index contributed by atoms with van der Waals surface area (Å²) in [5.74, 6) is 1.10. The van der Waals surface area contributed by atoms with Crippen LogP contribution < -0.4 is 4.90 Å². The van der Waals surface area contributed by atoms with Crippen molar-refractivity contribution in [2.24, 2.45) is 0 Å². The number of amides is 1.